The summed E-state index contributed by atoms with van der Waals surface area (Å²) < 4.78 is 5.35. The summed E-state index contributed by atoms with van der Waals surface area (Å²) in [6, 6.07) is 22.1. The van der Waals surface area contributed by atoms with Gasteiger partial charge >= 0.3 is 0 Å². The second-order valence-corrected chi connectivity index (χ2v) is 8.03. The molecule has 1 saturated heterocycles. The average molecular weight is 462 g/mol. The van der Waals surface area contributed by atoms with E-state index in [-0.39, 0.29) is 16.7 Å². The maximum Gasteiger partial charge on any atom is 0.262 e. The molecular formula is C26H22O8. The summed E-state index contributed by atoms with van der Waals surface area (Å²) in [5.74, 6) is -6.35. The molecule has 1 unspecified atom stereocenters. The minimum atomic E-state index is -3.12. The van der Waals surface area contributed by atoms with Gasteiger partial charge in [0.05, 0.1) is 0 Å². The molecule has 0 amide bonds. The number of hydrogen-bond donors (Lipinski definition) is 4. The van der Waals surface area contributed by atoms with Gasteiger partial charge in [0.15, 0.2) is 23.3 Å². The number of carbonyl (C=O) groups excluding carboxylic acids is 3. The van der Waals surface area contributed by atoms with Crippen molar-refractivity contribution in [3.05, 3.63) is 108 Å². The van der Waals surface area contributed by atoms with Crippen LogP contribution in [-0.4, -0.2) is 67.5 Å². The molecule has 1 heterocycles. The van der Waals surface area contributed by atoms with Crippen LogP contribution in [0, 0.1) is 0 Å². The molecule has 4 N–H and O–H groups in total. The highest BCUT2D eigenvalue weighted by atomic mass is 16.7. The molecule has 0 spiro atoms. The summed E-state index contributed by atoms with van der Waals surface area (Å²) in [6.45, 7) is 0. The van der Waals surface area contributed by atoms with Crippen LogP contribution in [0.2, 0.25) is 0 Å². The van der Waals surface area contributed by atoms with Gasteiger partial charge in [-0.25, -0.2) is 0 Å². The fourth-order valence-corrected chi connectivity index (χ4v) is 4.07. The minimum Gasteiger partial charge on any atom is -0.383 e. The number of hydrogen-bond acceptors (Lipinski definition) is 8. The molecule has 0 bridgehead atoms. The average Bonchev–Trinajstić information content (AvgIpc) is 3.11. The fourth-order valence-electron chi connectivity index (χ4n) is 4.07. The van der Waals surface area contributed by atoms with E-state index in [0.29, 0.717) is 0 Å². The van der Waals surface area contributed by atoms with E-state index in [0.717, 1.165) is 0 Å². The van der Waals surface area contributed by atoms with Gasteiger partial charge in [-0.15, -0.1) is 0 Å². The molecule has 0 saturated carbocycles. The smallest absolute Gasteiger partial charge is 0.262 e. The van der Waals surface area contributed by atoms with Crippen LogP contribution in [0.4, 0.5) is 0 Å². The molecule has 1 fully saturated rings. The summed E-state index contributed by atoms with van der Waals surface area (Å²) in [6.07, 6.45) is -6.89. The quantitative estimate of drug-likeness (QED) is 0.384. The van der Waals surface area contributed by atoms with Crippen LogP contribution in [0.5, 0.6) is 0 Å². The first kappa shape index (κ1) is 23.6. The van der Waals surface area contributed by atoms with Crippen LogP contribution < -0.4 is 0 Å². The van der Waals surface area contributed by atoms with E-state index in [1.165, 1.54) is 60.7 Å². The molecule has 4 rings (SSSR count). The molecular weight excluding hydrogens is 440 g/mol. The summed E-state index contributed by atoms with van der Waals surface area (Å²) >= 11 is 0. The lowest BCUT2D eigenvalue weighted by Crippen LogP contribution is -2.61. The minimum absolute atomic E-state index is 0.0347. The van der Waals surface area contributed by atoms with Gasteiger partial charge in [0.2, 0.25) is 5.78 Å². The zero-order valence-corrected chi connectivity index (χ0v) is 17.8. The molecule has 0 aromatic heterocycles. The number of aliphatic hydroxyl groups excluding tert-OH is 2. The molecule has 1 aliphatic heterocycles. The van der Waals surface area contributed by atoms with Gasteiger partial charge in [0.25, 0.3) is 5.79 Å². The van der Waals surface area contributed by atoms with Crippen molar-refractivity contribution in [1.29, 1.82) is 0 Å². The predicted molar refractivity (Wildman–Crippen MR) is 119 cm³/mol. The van der Waals surface area contributed by atoms with Gasteiger partial charge in [0.1, 0.15) is 12.2 Å². The van der Waals surface area contributed by atoms with E-state index in [2.05, 4.69) is 0 Å². The zero-order chi connectivity index (χ0) is 24.5. The number of carbonyl (C=O) groups is 3. The fraction of sp³-hybridized carbons (Fsp3) is 0.192. The monoisotopic (exact) mass is 462 g/mol. The number of aliphatic hydroxyl groups is 4. The maximum atomic E-state index is 13.4. The standard InChI is InChI=1S/C26H22O8/c27-19(16-10-4-1-5-11-16)20(28)23-25(32,21(29)17-12-6-2-7-13-17)24(31)26(33,34-23)22(30)18-14-8-3-9-15-18/h1-15,20,23-24,28,31-33H/t20?,23-,24-,25-,26+/m0/s1. The molecule has 3 aromatic rings. The molecule has 8 heteroatoms. The van der Waals surface area contributed by atoms with Crippen LogP contribution in [0.3, 0.4) is 0 Å². The SMILES string of the molecule is O=C(c1ccccc1)C(O)[C@@H]1O[C@](O)(C(=O)c2ccccc2)[C@@H](O)[C@]1(O)C(=O)c1ccccc1. The summed E-state index contributed by atoms with van der Waals surface area (Å²) in [5.41, 5.74) is -3.17. The van der Waals surface area contributed by atoms with Gasteiger partial charge in [-0.2, -0.15) is 0 Å². The molecule has 3 aromatic carbocycles. The summed E-state index contributed by atoms with van der Waals surface area (Å²) in [5, 5.41) is 44.5. The first-order chi connectivity index (χ1) is 16.2. The second kappa shape index (κ2) is 9.02. The molecule has 174 valence electrons. The Hall–Kier alpha value is -3.53. The Labute approximate surface area is 194 Å². The summed E-state index contributed by atoms with van der Waals surface area (Å²) in [7, 11) is 0. The largest absolute Gasteiger partial charge is 0.383 e. The Morgan fingerprint density at radius 3 is 1.59 bits per heavy atom. The summed E-state index contributed by atoms with van der Waals surface area (Å²) in [4.78, 5) is 39.4. The van der Waals surface area contributed by atoms with Gasteiger partial charge in [0, 0.05) is 16.7 Å². The first-order valence-corrected chi connectivity index (χ1v) is 10.5. The van der Waals surface area contributed by atoms with E-state index < -0.39 is 47.0 Å². The number of rotatable bonds is 7. The van der Waals surface area contributed by atoms with Crippen LogP contribution >= 0.6 is 0 Å². The van der Waals surface area contributed by atoms with Crippen LogP contribution in [-0.2, 0) is 4.74 Å². The van der Waals surface area contributed by atoms with Crippen LogP contribution in [0.1, 0.15) is 31.1 Å². The number of Topliss-reactive ketones (excluding diaryl/α,β-unsaturated/α-hetero) is 3. The molecule has 8 nitrogen and oxygen atoms in total. The molecule has 0 aliphatic carbocycles. The predicted octanol–water partition coefficient (Wildman–Crippen LogP) is 1.18. The van der Waals surface area contributed by atoms with E-state index in [1.807, 2.05) is 0 Å². The third-order valence-corrected chi connectivity index (χ3v) is 5.90. The number of ether oxygens (including phenoxy) is 1. The number of benzene rings is 3. The van der Waals surface area contributed by atoms with Crippen molar-refractivity contribution >= 4 is 17.3 Å². The lowest BCUT2D eigenvalue weighted by atomic mass is 9.78. The highest BCUT2D eigenvalue weighted by Gasteiger charge is 2.71. The van der Waals surface area contributed by atoms with Crippen molar-refractivity contribution in [3.63, 3.8) is 0 Å². The van der Waals surface area contributed by atoms with Gasteiger partial charge in [-0.05, 0) is 0 Å². The lowest BCUT2D eigenvalue weighted by Gasteiger charge is -2.31. The topological polar surface area (TPSA) is 141 Å². The number of ketones is 3. The Morgan fingerprint density at radius 1 is 0.706 bits per heavy atom. The Balaban J connectivity index is 1.80. The van der Waals surface area contributed by atoms with Crippen LogP contribution in [0.15, 0.2) is 91.0 Å². The molecule has 1 aliphatic rings. The zero-order valence-electron chi connectivity index (χ0n) is 17.8. The van der Waals surface area contributed by atoms with Gasteiger partial charge in [-0.1, -0.05) is 91.0 Å². The normalized spacial score (nSPS) is 27.2. The van der Waals surface area contributed by atoms with E-state index in [4.69, 9.17) is 4.74 Å². The van der Waals surface area contributed by atoms with Crippen molar-refractivity contribution in [2.24, 2.45) is 0 Å². The maximum absolute atomic E-state index is 13.4. The Kier molecular flexibility index (Phi) is 6.26. The van der Waals surface area contributed by atoms with Crippen molar-refractivity contribution in [2.45, 2.75) is 29.7 Å². The van der Waals surface area contributed by atoms with E-state index >= 15 is 0 Å². The van der Waals surface area contributed by atoms with Gasteiger partial charge in [-0.3, -0.25) is 14.4 Å². The third kappa shape index (κ3) is 3.77. The Morgan fingerprint density at radius 2 is 1.12 bits per heavy atom. The van der Waals surface area contributed by atoms with Crippen molar-refractivity contribution in [1.82, 2.24) is 0 Å². The molecule has 0 radical (unpaired) electrons. The molecule has 5 atom stereocenters. The van der Waals surface area contributed by atoms with Crippen molar-refractivity contribution in [3.8, 4) is 0 Å². The Bertz CT molecular complexity index is 1200. The van der Waals surface area contributed by atoms with E-state index in [1.54, 1.807) is 30.3 Å². The highest BCUT2D eigenvalue weighted by molar-refractivity contribution is 6.08. The lowest BCUT2D eigenvalue weighted by molar-refractivity contribution is -0.198. The third-order valence-electron chi connectivity index (χ3n) is 5.90. The van der Waals surface area contributed by atoms with E-state index in [9.17, 15) is 34.8 Å². The van der Waals surface area contributed by atoms with Crippen molar-refractivity contribution < 1.29 is 39.5 Å². The first-order valence-electron chi connectivity index (χ1n) is 10.5. The second-order valence-electron chi connectivity index (χ2n) is 8.03. The molecule has 34 heavy (non-hydrogen) atoms. The highest BCUT2D eigenvalue weighted by Crippen LogP contribution is 2.43. The van der Waals surface area contributed by atoms with Crippen LogP contribution in [0.25, 0.3) is 0 Å². The van der Waals surface area contributed by atoms with Crippen molar-refractivity contribution in [2.75, 3.05) is 0 Å². The van der Waals surface area contributed by atoms with Gasteiger partial charge < -0.3 is 25.2 Å².